The van der Waals surface area contributed by atoms with E-state index in [0.29, 0.717) is 12.8 Å². The van der Waals surface area contributed by atoms with Crippen LogP contribution in [0.15, 0.2) is 5.16 Å². The van der Waals surface area contributed by atoms with Gasteiger partial charge in [0.1, 0.15) is 5.54 Å². The largest absolute Gasteiger partial charge is 0.409 e. The van der Waals surface area contributed by atoms with Crippen molar-refractivity contribution in [2.24, 2.45) is 10.9 Å². The Labute approximate surface area is 95.3 Å². The molecule has 0 aromatic heterocycles. The molecule has 0 aromatic carbocycles. The van der Waals surface area contributed by atoms with Crippen molar-refractivity contribution in [1.82, 2.24) is 10.6 Å². The molecule has 0 bridgehead atoms. The third kappa shape index (κ3) is 2.77. The van der Waals surface area contributed by atoms with E-state index in [1.807, 2.05) is 13.8 Å². The lowest BCUT2D eigenvalue weighted by Gasteiger charge is -2.29. The molecule has 0 aliphatic heterocycles. The number of hydrogen-bond acceptors (Lipinski definition) is 3. The first-order valence-corrected chi connectivity index (χ1v) is 5.57. The Kier molecular flexibility index (Phi) is 3.98. The number of hydrogen-bond donors (Lipinski definition) is 4. The smallest absolute Gasteiger partial charge is 0.315 e. The van der Waals surface area contributed by atoms with Gasteiger partial charge in [0.15, 0.2) is 5.84 Å². The van der Waals surface area contributed by atoms with Crippen LogP contribution in [-0.2, 0) is 0 Å². The van der Waals surface area contributed by atoms with Crippen molar-refractivity contribution in [2.45, 2.75) is 51.1 Å². The molecular weight excluding hydrogens is 208 g/mol. The van der Waals surface area contributed by atoms with Crippen molar-refractivity contribution < 1.29 is 10.0 Å². The van der Waals surface area contributed by atoms with Crippen molar-refractivity contribution in [1.29, 1.82) is 0 Å². The molecule has 16 heavy (non-hydrogen) atoms. The van der Waals surface area contributed by atoms with Crippen molar-refractivity contribution in [3.05, 3.63) is 0 Å². The molecule has 1 saturated carbocycles. The first-order chi connectivity index (χ1) is 7.50. The summed E-state index contributed by atoms with van der Waals surface area (Å²) in [5, 5.41) is 17.3. The molecule has 1 aliphatic carbocycles. The van der Waals surface area contributed by atoms with E-state index in [1.165, 1.54) is 0 Å². The molecule has 5 N–H and O–H groups in total. The van der Waals surface area contributed by atoms with E-state index < -0.39 is 5.54 Å². The number of urea groups is 1. The number of oxime groups is 1. The minimum Gasteiger partial charge on any atom is -0.409 e. The first-order valence-electron chi connectivity index (χ1n) is 5.57. The fourth-order valence-electron chi connectivity index (χ4n) is 2.04. The highest BCUT2D eigenvalue weighted by atomic mass is 16.4. The van der Waals surface area contributed by atoms with Gasteiger partial charge in [0.25, 0.3) is 0 Å². The topological polar surface area (TPSA) is 99.7 Å². The second kappa shape index (κ2) is 5.05. The van der Waals surface area contributed by atoms with Crippen LogP contribution in [-0.4, -0.2) is 28.7 Å². The Morgan fingerprint density at radius 2 is 2.00 bits per heavy atom. The average Bonchev–Trinajstić information content (AvgIpc) is 2.64. The van der Waals surface area contributed by atoms with Crippen LogP contribution in [0.5, 0.6) is 0 Å². The summed E-state index contributed by atoms with van der Waals surface area (Å²) in [6.45, 7) is 3.76. The lowest BCUT2D eigenvalue weighted by atomic mass is 9.96. The summed E-state index contributed by atoms with van der Waals surface area (Å²) in [5.41, 5.74) is 4.98. The minimum absolute atomic E-state index is 0.0609. The summed E-state index contributed by atoms with van der Waals surface area (Å²) in [5.74, 6) is 0.0870. The number of amides is 2. The molecule has 0 saturated heterocycles. The van der Waals surface area contributed by atoms with Crippen LogP contribution in [0.4, 0.5) is 4.79 Å². The molecule has 0 atom stereocenters. The molecular formula is C10H20N4O2. The maximum absolute atomic E-state index is 11.6. The molecule has 0 unspecified atom stereocenters. The molecule has 2 amide bonds. The van der Waals surface area contributed by atoms with Crippen LogP contribution in [0.25, 0.3) is 0 Å². The number of nitrogens with two attached hydrogens (primary N) is 1. The molecule has 0 aromatic rings. The lowest BCUT2D eigenvalue weighted by molar-refractivity contribution is 0.229. The van der Waals surface area contributed by atoms with Crippen LogP contribution in [0.2, 0.25) is 0 Å². The van der Waals surface area contributed by atoms with E-state index in [4.69, 9.17) is 10.9 Å². The zero-order chi connectivity index (χ0) is 12.2. The van der Waals surface area contributed by atoms with Crippen molar-refractivity contribution in [2.75, 3.05) is 0 Å². The Morgan fingerprint density at radius 3 is 2.44 bits per heavy atom. The number of carbonyl (C=O) groups is 1. The van der Waals surface area contributed by atoms with Crippen LogP contribution >= 0.6 is 0 Å². The quantitative estimate of drug-likeness (QED) is 0.248. The van der Waals surface area contributed by atoms with Gasteiger partial charge in [0, 0.05) is 6.04 Å². The van der Waals surface area contributed by atoms with E-state index in [-0.39, 0.29) is 17.9 Å². The zero-order valence-corrected chi connectivity index (χ0v) is 9.79. The number of rotatable bonds is 3. The second-order valence-corrected chi connectivity index (χ2v) is 4.53. The molecule has 92 valence electrons. The average molecular weight is 228 g/mol. The van der Waals surface area contributed by atoms with Crippen molar-refractivity contribution >= 4 is 11.9 Å². The standard InChI is InChI=1S/C10H20N4O2/c1-7(2)12-9(15)13-10(8(11)14-16)5-3-4-6-10/h7,16H,3-6H2,1-2H3,(H2,11,14)(H2,12,13,15). The van der Waals surface area contributed by atoms with Gasteiger partial charge >= 0.3 is 6.03 Å². The summed E-state index contributed by atoms with van der Waals surface area (Å²) < 4.78 is 0. The van der Waals surface area contributed by atoms with Gasteiger partial charge in [-0.3, -0.25) is 0 Å². The third-order valence-electron chi connectivity index (χ3n) is 2.83. The molecule has 0 radical (unpaired) electrons. The normalized spacial score (nSPS) is 19.8. The van der Waals surface area contributed by atoms with Gasteiger partial charge in [-0.05, 0) is 26.7 Å². The maximum atomic E-state index is 11.6. The van der Waals surface area contributed by atoms with Crippen LogP contribution in [0.1, 0.15) is 39.5 Å². The molecule has 6 heteroatoms. The Morgan fingerprint density at radius 1 is 1.44 bits per heavy atom. The monoisotopic (exact) mass is 228 g/mol. The van der Waals surface area contributed by atoms with E-state index in [1.54, 1.807) is 0 Å². The molecule has 0 heterocycles. The number of amidine groups is 1. The van der Waals surface area contributed by atoms with Gasteiger partial charge in [-0.25, -0.2) is 4.79 Å². The molecule has 0 spiro atoms. The van der Waals surface area contributed by atoms with Gasteiger partial charge in [-0.2, -0.15) is 0 Å². The molecule has 1 aliphatic rings. The zero-order valence-electron chi connectivity index (χ0n) is 9.79. The molecule has 1 fully saturated rings. The summed E-state index contributed by atoms with van der Waals surface area (Å²) in [6, 6.07) is -0.214. The summed E-state index contributed by atoms with van der Waals surface area (Å²) in [4.78, 5) is 11.6. The lowest BCUT2D eigenvalue weighted by Crippen LogP contribution is -2.58. The van der Waals surface area contributed by atoms with Crippen molar-refractivity contribution in [3.8, 4) is 0 Å². The number of nitrogens with one attached hydrogen (secondary N) is 2. The predicted molar refractivity (Wildman–Crippen MR) is 61.4 cm³/mol. The predicted octanol–water partition coefficient (Wildman–Crippen LogP) is 0.753. The van der Waals surface area contributed by atoms with Gasteiger partial charge in [-0.1, -0.05) is 18.0 Å². The Balaban J connectivity index is 2.69. The first kappa shape index (κ1) is 12.6. The highest BCUT2D eigenvalue weighted by molar-refractivity contribution is 5.93. The third-order valence-corrected chi connectivity index (χ3v) is 2.83. The molecule has 6 nitrogen and oxygen atoms in total. The van der Waals surface area contributed by atoms with Gasteiger partial charge in [-0.15, -0.1) is 0 Å². The minimum atomic E-state index is -0.673. The summed E-state index contributed by atoms with van der Waals surface area (Å²) in [7, 11) is 0. The summed E-state index contributed by atoms with van der Waals surface area (Å²) in [6.07, 6.45) is 3.37. The Bertz CT molecular complexity index is 283. The second-order valence-electron chi connectivity index (χ2n) is 4.53. The molecule has 1 rings (SSSR count). The van der Waals surface area contributed by atoms with Gasteiger partial charge in [0.2, 0.25) is 0 Å². The van der Waals surface area contributed by atoms with E-state index >= 15 is 0 Å². The van der Waals surface area contributed by atoms with Crippen LogP contribution in [0, 0.1) is 0 Å². The highest BCUT2D eigenvalue weighted by Gasteiger charge is 2.39. The fraction of sp³-hybridized carbons (Fsp3) is 0.800. The van der Waals surface area contributed by atoms with Crippen LogP contribution < -0.4 is 16.4 Å². The van der Waals surface area contributed by atoms with E-state index in [2.05, 4.69) is 15.8 Å². The highest BCUT2D eigenvalue weighted by Crippen LogP contribution is 2.29. The van der Waals surface area contributed by atoms with Crippen LogP contribution in [0.3, 0.4) is 0 Å². The van der Waals surface area contributed by atoms with E-state index in [9.17, 15) is 4.79 Å². The summed E-state index contributed by atoms with van der Waals surface area (Å²) >= 11 is 0. The number of carbonyl (C=O) groups excluding carboxylic acids is 1. The van der Waals surface area contributed by atoms with Gasteiger partial charge in [0.05, 0.1) is 0 Å². The number of nitrogens with zero attached hydrogens (tertiary/aromatic N) is 1. The SMILES string of the molecule is CC(C)NC(=O)NC1(/C(N)=N/O)CCCC1. The van der Waals surface area contributed by atoms with Gasteiger partial charge < -0.3 is 21.6 Å². The Hall–Kier alpha value is -1.46. The fourth-order valence-corrected chi connectivity index (χ4v) is 2.04. The maximum Gasteiger partial charge on any atom is 0.315 e. The van der Waals surface area contributed by atoms with E-state index in [0.717, 1.165) is 12.8 Å². The van der Waals surface area contributed by atoms with Crippen molar-refractivity contribution in [3.63, 3.8) is 0 Å².